The Balaban J connectivity index is 2.84. The molecule has 0 aliphatic carbocycles. The number of nitrogens with two attached hydrogens (primary N) is 1. The number of carbonyl (C=O) groups is 1. The van der Waals surface area contributed by atoms with E-state index in [1.807, 2.05) is 37.3 Å². The molecule has 2 N–H and O–H groups in total. The summed E-state index contributed by atoms with van der Waals surface area (Å²) in [5, 5.41) is 0. The van der Waals surface area contributed by atoms with Gasteiger partial charge in [0.15, 0.2) is 6.10 Å². The topological polar surface area (TPSA) is 61.5 Å². The summed E-state index contributed by atoms with van der Waals surface area (Å²) in [6, 6.07) is 9.23. The maximum Gasteiger partial charge on any atom is 0.339 e. The monoisotopic (exact) mass is 223 g/mol. The van der Waals surface area contributed by atoms with Gasteiger partial charge in [-0.05, 0) is 12.5 Å². The van der Waals surface area contributed by atoms with Crippen molar-refractivity contribution >= 4 is 5.97 Å². The first-order valence-electron chi connectivity index (χ1n) is 5.17. The fraction of sp³-hybridized carbons (Fsp3) is 0.417. The number of esters is 1. The summed E-state index contributed by atoms with van der Waals surface area (Å²) in [6.45, 7) is 2.18. The normalized spacial score (nSPS) is 14.2. The van der Waals surface area contributed by atoms with Crippen molar-refractivity contribution < 1.29 is 14.3 Å². The molecule has 0 saturated carbocycles. The Morgan fingerprint density at radius 2 is 2.00 bits per heavy atom. The highest BCUT2D eigenvalue weighted by Gasteiger charge is 2.23. The number of rotatable bonds is 5. The first-order chi connectivity index (χ1) is 7.69. The van der Waals surface area contributed by atoms with Crippen molar-refractivity contribution in [2.75, 3.05) is 13.7 Å². The Labute approximate surface area is 95.3 Å². The summed E-state index contributed by atoms with van der Waals surface area (Å²) in [7, 11) is 1.34. The second-order valence-electron chi connectivity index (χ2n) is 3.50. The SMILES string of the molecule is COC(=O)C(OC(C)CN)c1ccccc1. The summed E-state index contributed by atoms with van der Waals surface area (Å²) >= 11 is 0. The number of carbonyl (C=O) groups excluding carboxylic acids is 1. The highest BCUT2D eigenvalue weighted by molar-refractivity contribution is 5.76. The van der Waals surface area contributed by atoms with Gasteiger partial charge in [0, 0.05) is 6.54 Å². The van der Waals surface area contributed by atoms with Crippen LogP contribution in [-0.2, 0) is 14.3 Å². The molecule has 0 saturated heterocycles. The number of ether oxygens (including phenoxy) is 2. The second-order valence-corrected chi connectivity index (χ2v) is 3.50. The highest BCUT2D eigenvalue weighted by atomic mass is 16.6. The van der Waals surface area contributed by atoms with E-state index >= 15 is 0 Å². The van der Waals surface area contributed by atoms with Crippen LogP contribution in [0.15, 0.2) is 30.3 Å². The van der Waals surface area contributed by atoms with Gasteiger partial charge in [0.05, 0.1) is 13.2 Å². The van der Waals surface area contributed by atoms with E-state index in [0.29, 0.717) is 6.54 Å². The van der Waals surface area contributed by atoms with Crippen LogP contribution in [0.2, 0.25) is 0 Å². The van der Waals surface area contributed by atoms with E-state index < -0.39 is 12.1 Å². The first-order valence-corrected chi connectivity index (χ1v) is 5.17. The molecule has 0 heterocycles. The van der Waals surface area contributed by atoms with Gasteiger partial charge in [0.1, 0.15) is 0 Å². The van der Waals surface area contributed by atoms with Crippen LogP contribution in [0.3, 0.4) is 0 Å². The van der Waals surface area contributed by atoms with E-state index in [1.165, 1.54) is 7.11 Å². The molecule has 0 fully saturated rings. The summed E-state index contributed by atoms with van der Waals surface area (Å²) in [6.07, 6.45) is -0.894. The lowest BCUT2D eigenvalue weighted by molar-refractivity contribution is -0.157. The average Bonchev–Trinajstić information content (AvgIpc) is 2.35. The van der Waals surface area contributed by atoms with E-state index in [2.05, 4.69) is 0 Å². The molecular formula is C12H17NO3. The number of hydrogen-bond donors (Lipinski definition) is 1. The fourth-order valence-corrected chi connectivity index (χ4v) is 1.29. The quantitative estimate of drug-likeness (QED) is 0.763. The summed E-state index contributed by atoms with van der Waals surface area (Å²) in [5.41, 5.74) is 6.24. The third-order valence-electron chi connectivity index (χ3n) is 2.22. The zero-order valence-electron chi connectivity index (χ0n) is 9.55. The Bertz CT molecular complexity index is 326. The van der Waals surface area contributed by atoms with Crippen molar-refractivity contribution in [3.8, 4) is 0 Å². The molecule has 0 aliphatic rings. The molecule has 0 aliphatic heterocycles. The van der Waals surface area contributed by atoms with Gasteiger partial charge in [0.2, 0.25) is 0 Å². The van der Waals surface area contributed by atoms with Gasteiger partial charge in [-0.25, -0.2) is 4.79 Å². The predicted octanol–water partition coefficient (Wildman–Crippen LogP) is 1.26. The molecule has 1 aromatic rings. The van der Waals surface area contributed by atoms with Crippen molar-refractivity contribution in [3.05, 3.63) is 35.9 Å². The lowest BCUT2D eigenvalue weighted by Crippen LogP contribution is -2.27. The maximum absolute atomic E-state index is 11.6. The molecule has 0 amide bonds. The Kier molecular flexibility index (Phi) is 4.95. The molecule has 0 radical (unpaired) electrons. The Hall–Kier alpha value is -1.39. The van der Waals surface area contributed by atoms with Crippen molar-refractivity contribution in [2.24, 2.45) is 5.73 Å². The molecule has 16 heavy (non-hydrogen) atoms. The van der Waals surface area contributed by atoms with Crippen LogP contribution in [0, 0.1) is 0 Å². The molecule has 0 bridgehead atoms. The average molecular weight is 223 g/mol. The minimum absolute atomic E-state index is 0.190. The van der Waals surface area contributed by atoms with Gasteiger partial charge in [-0.3, -0.25) is 0 Å². The van der Waals surface area contributed by atoms with Crippen molar-refractivity contribution in [1.29, 1.82) is 0 Å². The number of hydrogen-bond acceptors (Lipinski definition) is 4. The zero-order chi connectivity index (χ0) is 12.0. The number of methoxy groups -OCH3 is 1. The molecule has 2 atom stereocenters. The van der Waals surface area contributed by atoms with E-state index in [-0.39, 0.29) is 6.10 Å². The molecule has 4 heteroatoms. The van der Waals surface area contributed by atoms with E-state index in [4.69, 9.17) is 15.2 Å². The van der Waals surface area contributed by atoms with E-state index in [0.717, 1.165) is 5.56 Å². The third-order valence-corrected chi connectivity index (χ3v) is 2.22. The first kappa shape index (κ1) is 12.7. The minimum atomic E-state index is -0.704. The van der Waals surface area contributed by atoms with Crippen molar-refractivity contribution in [1.82, 2.24) is 0 Å². The zero-order valence-corrected chi connectivity index (χ0v) is 9.55. The van der Waals surface area contributed by atoms with E-state index in [1.54, 1.807) is 0 Å². The molecule has 4 nitrogen and oxygen atoms in total. The van der Waals surface area contributed by atoms with Gasteiger partial charge in [-0.15, -0.1) is 0 Å². The molecule has 88 valence electrons. The standard InChI is InChI=1S/C12H17NO3/c1-9(8-13)16-11(12(14)15-2)10-6-4-3-5-7-10/h3-7,9,11H,8,13H2,1-2H3. The van der Waals surface area contributed by atoms with Crippen LogP contribution in [0.1, 0.15) is 18.6 Å². The fourth-order valence-electron chi connectivity index (χ4n) is 1.29. The highest BCUT2D eigenvalue weighted by Crippen LogP contribution is 2.20. The van der Waals surface area contributed by atoms with Gasteiger partial charge in [-0.1, -0.05) is 30.3 Å². The second kappa shape index (κ2) is 6.25. The Morgan fingerprint density at radius 1 is 1.38 bits per heavy atom. The lowest BCUT2D eigenvalue weighted by Gasteiger charge is -2.19. The van der Waals surface area contributed by atoms with Crippen LogP contribution < -0.4 is 5.73 Å². The van der Waals surface area contributed by atoms with Gasteiger partial charge in [-0.2, -0.15) is 0 Å². The lowest BCUT2D eigenvalue weighted by atomic mass is 10.1. The van der Waals surface area contributed by atoms with Crippen LogP contribution >= 0.6 is 0 Å². The smallest absolute Gasteiger partial charge is 0.339 e. The third kappa shape index (κ3) is 3.32. The summed E-state index contributed by atoms with van der Waals surface area (Å²) < 4.78 is 10.2. The van der Waals surface area contributed by atoms with Crippen LogP contribution in [-0.4, -0.2) is 25.7 Å². The van der Waals surface area contributed by atoms with Crippen LogP contribution in [0.4, 0.5) is 0 Å². The Morgan fingerprint density at radius 3 is 2.50 bits per heavy atom. The predicted molar refractivity (Wildman–Crippen MR) is 60.8 cm³/mol. The van der Waals surface area contributed by atoms with Crippen molar-refractivity contribution in [3.63, 3.8) is 0 Å². The molecule has 0 aromatic heterocycles. The molecule has 0 spiro atoms. The largest absolute Gasteiger partial charge is 0.467 e. The van der Waals surface area contributed by atoms with E-state index in [9.17, 15) is 4.79 Å². The summed E-state index contributed by atoms with van der Waals surface area (Å²) in [4.78, 5) is 11.6. The number of benzene rings is 1. The van der Waals surface area contributed by atoms with Crippen LogP contribution in [0.25, 0.3) is 0 Å². The van der Waals surface area contributed by atoms with Crippen molar-refractivity contribution in [2.45, 2.75) is 19.1 Å². The molecule has 1 rings (SSSR count). The minimum Gasteiger partial charge on any atom is -0.467 e. The molecular weight excluding hydrogens is 206 g/mol. The van der Waals surface area contributed by atoms with Gasteiger partial charge >= 0.3 is 5.97 Å². The summed E-state index contributed by atoms with van der Waals surface area (Å²) in [5.74, 6) is -0.411. The van der Waals surface area contributed by atoms with Gasteiger partial charge in [0.25, 0.3) is 0 Å². The maximum atomic E-state index is 11.6. The van der Waals surface area contributed by atoms with Gasteiger partial charge < -0.3 is 15.2 Å². The molecule has 2 unspecified atom stereocenters. The molecule has 1 aromatic carbocycles. The van der Waals surface area contributed by atoms with Crippen LogP contribution in [0.5, 0.6) is 0 Å².